The standard InChI is InChI=1S/C27H27FN2O.C26H25FN2O.C25H25FN2O.C23H29FN2O.C19H21FN2O/c1-18-8-13-23(26(31)14-19-6-4-3-5-7-19)27(2)16-20-17-29-30(25(20)15-24(18)27)22-11-9-21(28)10-12-22;1-26-16-19-17-28-29(22-12-10-21(27)11-13-22)24(19)15-20(26)8-5-9-23(26)25(30)14-18-6-3-2-4-7-18;1-24-16-19-17-27-28(22-11-9-21(26)10-12-22)23(19)14-20(24)8-5-13-25(24,29)15-18-6-3-2-4-7-18;1-22(2,3)21(27)19-7-5-6-16-12-20-15(13-23(16,19)4)14-25-26(20)18-10-8-17(24)9-11-18;1-19-10-13-11-21-22(17-7-5-16(20)6-8-17)18(13)9-14(19)3-2-4-15(19)12-23/h3-12,15,17,23,26,31H,13-14,16H2,1-2H3;2-4,6-7,10-13,15,17,23H,5,8-9,14,16H2,1H3;2-4,6-7,9-12,14,17,29H,5,8,13,15-16H2,1H3;8-12,14,19,21,27H,5-7,13H2,1-4H3;5-9,11,15,23H,2-4,10,12H2,1H3/t23-,26+,27-;23-,26+;24-,25?;19-,21-,23+;15?,19-/m11010/s1. The molecule has 0 aliphatic heterocycles. The lowest BCUT2D eigenvalue weighted by molar-refractivity contribution is -0.126. The van der Waals surface area contributed by atoms with Crippen molar-refractivity contribution in [3.63, 3.8) is 0 Å². The Hall–Kier alpha value is -12.6. The van der Waals surface area contributed by atoms with Crippen LogP contribution in [0.1, 0.15) is 219 Å². The Morgan fingerprint density at radius 1 is 0.414 bits per heavy atom. The van der Waals surface area contributed by atoms with Crippen molar-refractivity contribution in [3.8, 4) is 28.4 Å². The quantitative estimate of drug-likeness (QED) is 0.0720. The Morgan fingerprint density at radius 3 is 1.21 bits per heavy atom. The van der Waals surface area contributed by atoms with Crippen LogP contribution in [0.2, 0.25) is 0 Å². The van der Waals surface area contributed by atoms with Gasteiger partial charge in [-0.1, -0.05) is 180 Å². The lowest BCUT2D eigenvalue weighted by Gasteiger charge is -2.52. The molecule has 4 fully saturated rings. The Labute approximate surface area is 818 Å². The lowest BCUT2D eigenvalue weighted by atomic mass is 9.56. The summed E-state index contributed by atoms with van der Waals surface area (Å²) in [7, 11) is 0. The van der Waals surface area contributed by atoms with E-state index >= 15 is 0 Å². The van der Waals surface area contributed by atoms with Crippen molar-refractivity contribution in [2.24, 2.45) is 56.2 Å². The summed E-state index contributed by atoms with van der Waals surface area (Å²) < 4.78 is 76.0. The van der Waals surface area contributed by atoms with Gasteiger partial charge in [0.05, 0.1) is 106 Å². The minimum atomic E-state index is -0.784. The van der Waals surface area contributed by atoms with E-state index in [2.05, 4.69) is 149 Å². The zero-order chi connectivity index (χ0) is 97.8. The Morgan fingerprint density at radius 2 is 0.771 bits per heavy atom. The van der Waals surface area contributed by atoms with Crippen molar-refractivity contribution in [3.05, 3.63) is 385 Å². The number of halogens is 5. The average molecular weight is 1880 g/mol. The fourth-order valence-corrected chi connectivity index (χ4v) is 25.0. The van der Waals surface area contributed by atoms with Crippen molar-refractivity contribution in [2.75, 3.05) is 6.61 Å². The summed E-state index contributed by atoms with van der Waals surface area (Å²) in [4.78, 5) is 13.3. The molecule has 5 heterocycles. The summed E-state index contributed by atoms with van der Waals surface area (Å²) in [6.07, 6.45) is 41.5. The first-order valence-electron chi connectivity index (χ1n) is 50.0. The molecule has 20 heteroatoms. The van der Waals surface area contributed by atoms with Crippen LogP contribution in [-0.2, 0) is 56.2 Å². The minimum absolute atomic E-state index is 0.0278. The summed E-state index contributed by atoms with van der Waals surface area (Å²) in [5, 5.41) is 66.9. The molecule has 12 atom stereocenters. The van der Waals surface area contributed by atoms with Gasteiger partial charge in [0, 0.05) is 41.6 Å². The van der Waals surface area contributed by atoms with E-state index in [0.29, 0.717) is 31.0 Å². The number of ketones is 1. The molecule has 10 aliphatic rings. The summed E-state index contributed by atoms with van der Waals surface area (Å²) in [5.41, 5.74) is 25.4. The minimum Gasteiger partial charge on any atom is -0.396 e. The smallest absolute Gasteiger partial charge is 0.141 e. The van der Waals surface area contributed by atoms with Gasteiger partial charge in [0.25, 0.3) is 0 Å². The van der Waals surface area contributed by atoms with E-state index in [0.717, 1.165) is 195 Å². The zero-order valence-electron chi connectivity index (χ0n) is 81.6. The van der Waals surface area contributed by atoms with Crippen molar-refractivity contribution in [1.82, 2.24) is 48.9 Å². The molecule has 140 heavy (non-hydrogen) atoms. The van der Waals surface area contributed by atoms with Crippen molar-refractivity contribution in [2.45, 2.75) is 215 Å². The molecule has 8 aromatic carbocycles. The van der Waals surface area contributed by atoms with Crippen molar-refractivity contribution in [1.29, 1.82) is 0 Å². The van der Waals surface area contributed by atoms with Gasteiger partial charge in [-0.05, 0) is 365 Å². The molecule has 4 saturated carbocycles. The molecule has 0 spiro atoms. The van der Waals surface area contributed by atoms with Gasteiger partial charge in [-0.3, -0.25) is 4.79 Å². The Bertz CT molecular complexity index is 6880. The van der Waals surface area contributed by atoms with E-state index in [1.807, 2.05) is 121 Å². The lowest BCUT2D eigenvalue weighted by Crippen LogP contribution is -2.53. The molecule has 4 N–H and O–H groups in total. The second-order valence-corrected chi connectivity index (χ2v) is 43.0. The highest BCUT2D eigenvalue weighted by molar-refractivity contribution is 5.85. The summed E-state index contributed by atoms with van der Waals surface area (Å²) in [6, 6.07) is 62.7. The van der Waals surface area contributed by atoms with Crippen LogP contribution in [-0.4, -0.2) is 99.5 Å². The number of aliphatic hydroxyl groups is 4. The highest BCUT2D eigenvalue weighted by Gasteiger charge is 2.55. The van der Waals surface area contributed by atoms with Crippen LogP contribution in [0, 0.1) is 85.2 Å². The van der Waals surface area contributed by atoms with Crippen molar-refractivity contribution < 1.29 is 47.2 Å². The maximum Gasteiger partial charge on any atom is 0.141 e. The number of rotatable bonds is 15. The number of fused-ring (bicyclic) bond motifs is 10. The maximum atomic E-state index is 13.4. The summed E-state index contributed by atoms with van der Waals surface area (Å²) in [6.45, 7) is 20.1. The van der Waals surface area contributed by atoms with Gasteiger partial charge in [0.15, 0.2) is 0 Å². The molecule has 5 aromatic heterocycles. The first-order valence-corrected chi connectivity index (χ1v) is 50.0. The number of benzene rings is 8. The van der Waals surface area contributed by atoms with Crippen LogP contribution >= 0.6 is 0 Å². The SMILES string of the molecule is CC(C)(C)[C@H](O)[C@H]1CCCC2=Cc3c(cnn3-c3ccc(F)cc3)C[C@@]21C.CC1=CC[C@H]([C@@H](O)Cc2ccccc2)[C@@]2(C)Cc3cnn(-c4ccc(F)cc4)c3C=C12.C[C@]12Cc3cnn(-c4ccc(F)cc4)c3C=C1CCCC2(O)Cc1ccccc1.C[C@]12Cc3cnn(-c4ccc(F)cc4)c3C=C1CCCC2CO.C[C@]12Cc3cnn(-c4ccc(F)cc4)c3C=C1CCC[C@@H]2C(=O)Cc1ccccc1. The summed E-state index contributed by atoms with van der Waals surface area (Å²) >= 11 is 0. The van der Waals surface area contributed by atoms with Crippen LogP contribution < -0.4 is 0 Å². The van der Waals surface area contributed by atoms with Gasteiger partial charge in [0.2, 0.25) is 0 Å². The molecule has 0 radical (unpaired) electrons. The molecule has 0 bridgehead atoms. The second-order valence-electron chi connectivity index (χ2n) is 43.0. The van der Waals surface area contributed by atoms with Gasteiger partial charge >= 0.3 is 0 Å². The van der Waals surface area contributed by atoms with Crippen molar-refractivity contribution >= 4 is 36.2 Å². The number of hydrogen-bond acceptors (Lipinski definition) is 10. The number of aromatic nitrogens is 10. The Kier molecular flexibility index (Phi) is 26.9. The molecule has 0 amide bonds. The predicted octanol–water partition coefficient (Wildman–Crippen LogP) is 25.1. The third kappa shape index (κ3) is 18.8. The molecule has 722 valence electrons. The third-order valence-electron chi connectivity index (χ3n) is 33.2. The molecule has 10 aliphatic carbocycles. The predicted molar refractivity (Wildman–Crippen MR) is 543 cm³/mol. The molecule has 15 nitrogen and oxygen atoms in total. The van der Waals surface area contributed by atoms with Gasteiger partial charge in [0.1, 0.15) is 34.9 Å². The first-order chi connectivity index (χ1) is 67.3. The topological polar surface area (TPSA) is 187 Å². The van der Waals surface area contributed by atoms with Crippen LogP contribution in [0.5, 0.6) is 0 Å². The van der Waals surface area contributed by atoms with E-state index < -0.39 is 11.7 Å². The zero-order valence-corrected chi connectivity index (χ0v) is 81.6. The fourth-order valence-electron chi connectivity index (χ4n) is 25.0. The van der Waals surface area contributed by atoms with Gasteiger partial charge in [-0.15, -0.1) is 0 Å². The van der Waals surface area contributed by atoms with Crippen LogP contribution in [0.15, 0.2) is 283 Å². The van der Waals surface area contributed by atoms with Crippen LogP contribution in [0.25, 0.3) is 58.8 Å². The fraction of sp³-hybridized carbons (Fsp3) is 0.367. The average Bonchev–Trinajstić information content (AvgIpc) is 1.58. The summed E-state index contributed by atoms with van der Waals surface area (Å²) in [5.74, 6) is -0.164. The molecular formula is C120H127F5N10O5. The number of carbonyl (C=O) groups excluding carboxylic acids is 1. The first kappa shape index (κ1) is 96.3. The van der Waals surface area contributed by atoms with E-state index in [-0.39, 0.29) is 92.0 Å². The third-order valence-corrected chi connectivity index (χ3v) is 33.2. The molecule has 23 rings (SSSR count). The number of hydrogen-bond donors (Lipinski definition) is 4. The van der Waals surface area contributed by atoms with E-state index in [1.165, 1.54) is 116 Å². The molecular weight excluding hydrogens is 1760 g/mol. The van der Waals surface area contributed by atoms with E-state index in [9.17, 15) is 47.2 Å². The highest BCUT2D eigenvalue weighted by Crippen LogP contribution is 2.59. The normalized spacial score (nSPS) is 24.8. The largest absolute Gasteiger partial charge is 0.396 e. The van der Waals surface area contributed by atoms with Gasteiger partial charge < -0.3 is 20.4 Å². The molecule has 0 saturated heterocycles. The van der Waals surface area contributed by atoms with Crippen LogP contribution in [0.4, 0.5) is 22.0 Å². The van der Waals surface area contributed by atoms with Gasteiger partial charge in [-0.25, -0.2) is 45.4 Å². The number of allylic oxidation sites excluding steroid dienone is 6. The van der Waals surface area contributed by atoms with E-state index in [4.69, 9.17) is 0 Å². The number of nitrogens with zero attached hydrogens (tertiary/aromatic N) is 10. The monoisotopic (exact) mass is 1880 g/mol. The number of aliphatic hydroxyl groups excluding tert-OH is 3. The van der Waals surface area contributed by atoms with Gasteiger partial charge in [-0.2, -0.15) is 25.5 Å². The molecule has 13 aromatic rings. The number of carbonyl (C=O) groups is 1. The van der Waals surface area contributed by atoms with Crippen LogP contribution in [0.3, 0.4) is 0 Å². The molecule has 2 unspecified atom stereocenters. The Balaban J connectivity index is 0.000000112. The maximum absolute atomic E-state index is 13.4. The van der Waals surface area contributed by atoms with E-state index in [1.54, 1.807) is 60.7 Å². The second kappa shape index (κ2) is 39.1. The number of Topliss-reactive ketones (excluding diaryl/α,β-unsaturated/α-hetero) is 1. The highest BCUT2D eigenvalue weighted by atomic mass is 19.1.